The van der Waals surface area contributed by atoms with E-state index in [9.17, 15) is 13.2 Å². The monoisotopic (exact) mass is 224 g/mol. The van der Waals surface area contributed by atoms with E-state index in [0.717, 1.165) is 32.5 Å². The summed E-state index contributed by atoms with van der Waals surface area (Å²) in [5, 5.41) is 3.19. The van der Waals surface area contributed by atoms with Gasteiger partial charge in [-0.05, 0) is 25.9 Å². The van der Waals surface area contributed by atoms with Crippen LogP contribution in [0.5, 0.6) is 0 Å². The summed E-state index contributed by atoms with van der Waals surface area (Å²) in [6.07, 6.45) is -2.84. The van der Waals surface area contributed by atoms with Gasteiger partial charge >= 0.3 is 6.18 Å². The van der Waals surface area contributed by atoms with Crippen molar-refractivity contribution in [2.24, 2.45) is 0 Å². The second-order valence-electron chi connectivity index (χ2n) is 4.05. The van der Waals surface area contributed by atoms with Crippen molar-refractivity contribution in [1.29, 1.82) is 0 Å². The molecule has 1 fully saturated rings. The Hall–Kier alpha value is -0.290. The first-order chi connectivity index (χ1) is 7.03. The van der Waals surface area contributed by atoms with Crippen molar-refractivity contribution < 1.29 is 13.2 Å². The lowest BCUT2D eigenvalue weighted by molar-refractivity contribution is -0.138. The second kappa shape index (κ2) is 5.70. The largest absolute Gasteiger partial charge is 0.390 e. The van der Waals surface area contributed by atoms with E-state index in [-0.39, 0.29) is 6.54 Å². The summed E-state index contributed by atoms with van der Waals surface area (Å²) < 4.78 is 36.3. The van der Waals surface area contributed by atoms with E-state index < -0.39 is 12.6 Å². The minimum absolute atomic E-state index is 0.143. The zero-order valence-corrected chi connectivity index (χ0v) is 9.11. The van der Waals surface area contributed by atoms with Crippen LogP contribution in [-0.2, 0) is 0 Å². The van der Waals surface area contributed by atoms with Crippen molar-refractivity contribution in [2.45, 2.75) is 38.4 Å². The fourth-order valence-corrected chi connectivity index (χ4v) is 1.99. The van der Waals surface area contributed by atoms with Gasteiger partial charge in [0.1, 0.15) is 0 Å². The van der Waals surface area contributed by atoms with Gasteiger partial charge in [0.2, 0.25) is 0 Å². The van der Waals surface area contributed by atoms with Crippen molar-refractivity contribution in [2.75, 3.05) is 26.2 Å². The molecule has 1 atom stereocenters. The maximum Gasteiger partial charge on any atom is 0.390 e. The summed E-state index contributed by atoms with van der Waals surface area (Å²) in [6.45, 7) is 4.67. The number of rotatable bonds is 5. The minimum Gasteiger partial charge on any atom is -0.315 e. The average Bonchev–Trinajstić information content (AvgIpc) is 2.63. The van der Waals surface area contributed by atoms with Gasteiger partial charge in [0, 0.05) is 19.1 Å². The molecule has 90 valence electrons. The molecule has 0 spiro atoms. The highest BCUT2D eigenvalue weighted by atomic mass is 19.4. The highest BCUT2D eigenvalue weighted by molar-refractivity contribution is 4.80. The SMILES string of the molecule is CCCN(CCC(F)(F)F)C1CCNC1. The molecule has 0 amide bonds. The van der Waals surface area contributed by atoms with Crippen LogP contribution in [-0.4, -0.2) is 43.3 Å². The molecular formula is C10H19F3N2. The molecule has 0 aliphatic carbocycles. The van der Waals surface area contributed by atoms with E-state index in [1.807, 2.05) is 11.8 Å². The lowest BCUT2D eigenvalue weighted by Gasteiger charge is -2.28. The number of halogens is 3. The summed E-state index contributed by atoms with van der Waals surface area (Å²) in [5.74, 6) is 0. The van der Waals surface area contributed by atoms with Gasteiger partial charge in [-0.1, -0.05) is 6.92 Å². The topological polar surface area (TPSA) is 15.3 Å². The van der Waals surface area contributed by atoms with Crippen molar-refractivity contribution in [3.05, 3.63) is 0 Å². The molecule has 0 bridgehead atoms. The number of hydrogen-bond donors (Lipinski definition) is 1. The molecule has 15 heavy (non-hydrogen) atoms. The van der Waals surface area contributed by atoms with Crippen LogP contribution in [0.2, 0.25) is 0 Å². The third kappa shape index (κ3) is 4.84. The van der Waals surface area contributed by atoms with Crippen molar-refractivity contribution in [3.8, 4) is 0 Å². The van der Waals surface area contributed by atoms with Crippen LogP contribution in [0.1, 0.15) is 26.2 Å². The number of hydrogen-bond acceptors (Lipinski definition) is 2. The molecule has 0 radical (unpaired) electrons. The standard InChI is InChI=1S/C10H19F3N2/c1-2-6-15(7-4-10(11,12)13)9-3-5-14-8-9/h9,14H,2-8H2,1H3. The Bertz CT molecular complexity index is 176. The predicted molar refractivity (Wildman–Crippen MR) is 53.8 cm³/mol. The first kappa shape index (κ1) is 12.8. The molecule has 1 heterocycles. The third-order valence-electron chi connectivity index (χ3n) is 2.74. The van der Waals surface area contributed by atoms with Crippen LogP contribution in [0.4, 0.5) is 13.2 Å². The van der Waals surface area contributed by atoms with Gasteiger partial charge in [0.05, 0.1) is 6.42 Å². The van der Waals surface area contributed by atoms with Gasteiger partial charge in [-0.2, -0.15) is 13.2 Å². The van der Waals surface area contributed by atoms with Crippen LogP contribution in [0, 0.1) is 0 Å². The highest BCUT2D eigenvalue weighted by Crippen LogP contribution is 2.21. The van der Waals surface area contributed by atoms with E-state index in [0.29, 0.717) is 6.04 Å². The molecule has 0 aromatic rings. The Morgan fingerprint density at radius 2 is 2.07 bits per heavy atom. The third-order valence-corrected chi connectivity index (χ3v) is 2.74. The van der Waals surface area contributed by atoms with Crippen LogP contribution in [0.15, 0.2) is 0 Å². The second-order valence-corrected chi connectivity index (χ2v) is 4.05. The first-order valence-corrected chi connectivity index (χ1v) is 5.54. The summed E-state index contributed by atoms with van der Waals surface area (Å²) in [7, 11) is 0. The number of alkyl halides is 3. The van der Waals surface area contributed by atoms with Crippen LogP contribution in [0.25, 0.3) is 0 Å². The number of nitrogens with zero attached hydrogens (tertiary/aromatic N) is 1. The lowest BCUT2D eigenvalue weighted by atomic mass is 10.2. The van der Waals surface area contributed by atoms with E-state index in [1.54, 1.807) is 0 Å². The molecule has 1 saturated heterocycles. The Balaban J connectivity index is 2.35. The van der Waals surface area contributed by atoms with E-state index in [1.165, 1.54) is 0 Å². The van der Waals surface area contributed by atoms with Gasteiger partial charge < -0.3 is 5.32 Å². The van der Waals surface area contributed by atoms with E-state index in [2.05, 4.69) is 5.32 Å². The van der Waals surface area contributed by atoms with Gasteiger partial charge in [0.15, 0.2) is 0 Å². The van der Waals surface area contributed by atoms with Crippen molar-refractivity contribution >= 4 is 0 Å². The molecule has 1 aliphatic heterocycles. The highest BCUT2D eigenvalue weighted by Gasteiger charge is 2.30. The summed E-state index contributed by atoms with van der Waals surface area (Å²) in [6, 6.07) is 0.298. The zero-order valence-electron chi connectivity index (χ0n) is 9.11. The normalized spacial score (nSPS) is 22.6. The zero-order chi connectivity index (χ0) is 11.3. The van der Waals surface area contributed by atoms with Gasteiger partial charge in [-0.3, -0.25) is 4.90 Å². The smallest absolute Gasteiger partial charge is 0.315 e. The summed E-state index contributed by atoms with van der Waals surface area (Å²) in [5.41, 5.74) is 0. The van der Waals surface area contributed by atoms with Gasteiger partial charge in [-0.25, -0.2) is 0 Å². The van der Waals surface area contributed by atoms with Crippen LogP contribution >= 0.6 is 0 Å². The average molecular weight is 224 g/mol. The Labute approximate surface area is 88.8 Å². The molecule has 1 aliphatic rings. The lowest BCUT2D eigenvalue weighted by Crippen LogP contribution is -2.39. The quantitative estimate of drug-likeness (QED) is 0.768. The first-order valence-electron chi connectivity index (χ1n) is 5.54. The predicted octanol–water partition coefficient (Wildman–Crippen LogP) is 2.01. The van der Waals surface area contributed by atoms with Gasteiger partial charge in [-0.15, -0.1) is 0 Å². The molecule has 0 saturated carbocycles. The summed E-state index contributed by atoms with van der Waals surface area (Å²) in [4.78, 5) is 1.97. The maximum atomic E-state index is 12.1. The summed E-state index contributed by atoms with van der Waals surface area (Å²) >= 11 is 0. The molecule has 0 aromatic carbocycles. The fourth-order valence-electron chi connectivity index (χ4n) is 1.99. The molecule has 1 rings (SSSR count). The Morgan fingerprint density at radius 1 is 1.33 bits per heavy atom. The minimum atomic E-state index is -4.03. The Morgan fingerprint density at radius 3 is 2.53 bits per heavy atom. The molecule has 1 unspecified atom stereocenters. The van der Waals surface area contributed by atoms with E-state index >= 15 is 0 Å². The fraction of sp³-hybridized carbons (Fsp3) is 1.00. The van der Waals surface area contributed by atoms with Gasteiger partial charge in [0.25, 0.3) is 0 Å². The molecule has 5 heteroatoms. The van der Waals surface area contributed by atoms with Crippen molar-refractivity contribution in [3.63, 3.8) is 0 Å². The van der Waals surface area contributed by atoms with E-state index in [4.69, 9.17) is 0 Å². The molecule has 2 nitrogen and oxygen atoms in total. The van der Waals surface area contributed by atoms with Crippen LogP contribution < -0.4 is 5.32 Å². The number of nitrogens with one attached hydrogen (secondary N) is 1. The Kier molecular flexibility index (Phi) is 4.86. The van der Waals surface area contributed by atoms with Crippen LogP contribution in [0.3, 0.4) is 0 Å². The molecule has 1 N–H and O–H groups in total. The molecular weight excluding hydrogens is 205 g/mol. The maximum absolute atomic E-state index is 12.1. The van der Waals surface area contributed by atoms with Crippen molar-refractivity contribution in [1.82, 2.24) is 10.2 Å². The molecule has 0 aromatic heterocycles.